The molecule has 122 valence electrons. The number of nitrogens with zero attached hydrogens (tertiary/aromatic N) is 2. The van der Waals surface area contributed by atoms with Crippen LogP contribution in [0.15, 0.2) is 36.5 Å². The molecule has 0 saturated heterocycles. The summed E-state index contributed by atoms with van der Waals surface area (Å²) in [6.45, 7) is -0.486. The Bertz CT molecular complexity index is 630. The third-order valence-corrected chi connectivity index (χ3v) is 3.45. The minimum Gasteiger partial charge on any atom is -0.481 e. The average molecular weight is 318 g/mol. The summed E-state index contributed by atoms with van der Waals surface area (Å²) in [5.74, 6) is -2.48. The monoisotopic (exact) mass is 318 g/mol. The molecule has 0 saturated carbocycles. The zero-order chi connectivity index (χ0) is 16.7. The summed E-state index contributed by atoms with van der Waals surface area (Å²) in [5, 5.41) is 30.7. The van der Waals surface area contributed by atoms with Gasteiger partial charge in [-0.3, -0.25) is 9.59 Å². The number of nitrogens with one attached hydrogen (secondary N) is 2. The Morgan fingerprint density at radius 3 is 2.57 bits per heavy atom. The van der Waals surface area contributed by atoms with Gasteiger partial charge in [-0.05, 0) is 18.4 Å². The second kappa shape index (κ2) is 8.04. The lowest BCUT2D eigenvalue weighted by molar-refractivity contribution is -0.143. The van der Waals surface area contributed by atoms with Crippen LogP contribution in [0.2, 0.25) is 0 Å². The van der Waals surface area contributed by atoms with Crippen molar-refractivity contribution in [3.05, 3.63) is 47.8 Å². The number of aliphatic carboxylic acids is 1. The van der Waals surface area contributed by atoms with Gasteiger partial charge in [0.25, 0.3) is 5.91 Å². The van der Waals surface area contributed by atoms with Crippen LogP contribution in [0, 0.1) is 5.92 Å². The number of carboxylic acids is 1. The first-order valence-corrected chi connectivity index (χ1v) is 7.14. The highest BCUT2D eigenvalue weighted by atomic mass is 16.4. The number of H-pyrrole nitrogens is 1. The van der Waals surface area contributed by atoms with Gasteiger partial charge >= 0.3 is 5.97 Å². The van der Waals surface area contributed by atoms with Crippen molar-refractivity contribution in [2.45, 2.75) is 18.9 Å². The molecule has 23 heavy (non-hydrogen) atoms. The Morgan fingerprint density at radius 2 is 2.00 bits per heavy atom. The molecule has 2 unspecified atom stereocenters. The number of aromatic nitrogens is 3. The van der Waals surface area contributed by atoms with Gasteiger partial charge in [0.1, 0.15) is 0 Å². The molecule has 0 bridgehead atoms. The number of carbonyl (C=O) groups is 2. The van der Waals surface area contributed by atoms with E-state index in [4.69, 9.17) is 5.11 Å². The number of rotatable bonds is 8. The quantitative estimate of drug-likeness (QED) is 0.551. The van der Waals surface area contributed by atoms with Crippen molar-refractivity contribution >= 4 is 11.9 Å². The zero-order valence-electron chi connectivity index (χ0n) is 12.3. The van der Waals surface area contributed by atoms with Crippen molar-refractivity contribution < 1.29 is 19.8 Å². The average Bonchev–Trinajstić information content (AvgIpc) is 3.07. The number of carbonyl (C=O) groups excluding carboxylic acids is 1. The van der Waals surface area contributed by atoms with Crippen LogP contribution in [0.1, 0.15) is 22.5 Å². The van der Waals surface area contributed by atoms with E-state index in [-0.39, 0.29) is 12.1 Å². The standard InChI is InChI=1S/C15H18N4O4/c20-9-11(15(22)23)7-12(6-10-4-2-1-3-5-10)17-14(21)13-8-16-19-18-13/h1-5,8,11-12,20H,6-7,9H2,(H,17,21)(H,22,23)(H,16,18,19). The molecule has 0 aliphatic heterocycles. The maximum atomic E-state index is 12.1. The van der Waals surface area contributed by atoms with E-state index < -0.39 is 30.4 Å². The van der Waals surface area contributed by atoms with Gasteiger partial charge in [0.15, 0.2) is 5.69 Å². The lowest BCUT2D eigenvalue weighted by Crippen LogP contribution is -2.40. The lowest BCUT2D eigenvalue weighted by atomic mass is 9.95. The predicted molar refractivity (Wildman–Crippen MR) is 80.6 cm³/mol. The number of carboxylic acid groups (broad SMARTS) is 1. The maximum Gasteiger partial charge on any atom is 0.308 e. The fourth-order valence-electron chi connectivity index (χ4n) is 2.26. The summed E-state index contributed by atoms with van der Waals surface area (Å²) >= 11 is 0. The molecule has 8 heteroatoms. The van der Waals surface area contributed by atoms with Crippen molar-refractivity contribution in [1.82, 2.24) is 20.7 Å². The molecule has 1 aromatic heterocycles. The molecule has 4 N–H and O–H groups in total. The van der Waals surface area contributed by atoms with Crippen molar-refractivity contribution in [2.75, 3.05) is 6.61 Å². The molecule has 0 aliphatic carbocycles. The van der Waals surface area contributed by atoms with Crippen LogP contribution >= 0.6 is 0 Å². The van der Waals surface area contributed by atoms with Gasteiger partial charge in [-0.2, -0.15) is 15.4 Å². The Kier molecular flexibility index (Phi) is 5.81. The van der Waals surface area contributed by atoms with E-state index in [2.05, 4.69) is 20.7 Å². The Morgan fingerprint density at radius 1 is 1.26 bits per heavy atom. The molecule has 1 amide bonds. The Balaban J connectivity index is 2.10. The number of hydrogen-bond donors (Lipinski definition) is 4. The number of benzene rings is 1. The number of amides is 1. The molecule has 0 radical (unpaired) electrons. The van der Waals surface area contributed by atoms with Crippen LogP contribution in [-0.2, 0) is 11.2 Å². The van der Waals surface area contributed by atoms with Crippen molar-refractivity contribution in [3.63, 3.8) is 0 Å². The number of aliphatic hydroxyl groups excluding tert-OH is 1. The van der Waals surface area contributed by atoms with E-state index in [0.29, 0.717) is 6.42 Å². The summed E-state index contributed by atoms with van der Waals surface area (Å²) in [6, 6.07) is 8.95. The number of aliphatic hydroxyl groups is 1. The maximum absolute atomic E-state index is 12.1. The summed E-state index contributed by atoms with van der Waals surface area (Å²) < 4.78 is 0. The summed E-state index contributed by atoms with van der Waals surface area (Å²) in [5.41, 5.74) is 1.08. The SMILES string of the molecule is O=C(NC(Cc1ccccc1)CC(CO)C(=O)O)c1cn[nH]n1. The topological polar surface area (TPSA) is 128 Å². The minimum atomic E-state index is -1.10. The molecule has 0 fully saturated rings. The molecule has 0 aliphatic rings. The zero-order valence-corrected chi connectivity index (χ0v) is 12.3. The number of hydrogen-bond acceptors (Lipinski definition) is 5. The fraction of sp³-hybridized carbons (Fsp3) is 0.333. The van der Waals surface area contributed by atoms with Crippen molar-refractivity contribution in [2.24, 2.45) is 5.92 Å². The molecule has 8 nitrogen and oxygen atoms in total. The molecule has 2 aromatic rings. The smallest absolute Gasteiger partial charge is 0.308 e. The van der Waals surface area contributed by atoms with Gasteiger partial charge in [-0.15, -0.1) is 0 Å². The first-order valence-electron chi connectivity index (χ1n) is 7.14. The van der Waals surface area contributed by atoms with Gasteiger partial charge in [0.2, 0.25) is 0 Å². The van der Waals surface area contributed by atoms with E-state index in [1.165, 1.54) is 6.20 Å². The minimum absolute atomic E-state index is 0.115. The van der Waals surface area contributed by atoms with Gasteiger partial charge in [-0.1, -0.05) is 30.3 Å². The lowest BCUT2D eigenvalue weighted by Gasteiger charge is -2.21. The van der Waals surface area contributed by atoms with E-state index in [1.807, 2.05) is 30.3 Å². The van der Waals surface area contributed by atoms with Gasteiger partial charge in [0, 0.05) is 6.04 Å². The second-order valence-electron chi connectivity index (χ2n) is 5.17. The van der Waals surface area contributed by atoms with Crippen LogP contribution in [0.3, 0.4) is 0 Å². The highest BCUT2D eigenvalue weighted by Gasteiger charge is 2.24. The van der Waals surface area contributed by atoms with Crippen LogP contribution in [-0.4, -0.2) is 50.1 Å². The van der Waals surface area contributed by atoms with Crippen LogP contribution < -0.4 is 5.32 Å². The van der Waals surface area contributed by atoms with E-state index in [9.17, 15) is 14.7 Å². The molecule has 0 spiro atoms. The third-order valence-electron chi connectivity index (χ3n) is 3.45. The summed E-state index contributed by atoms with van der Waals surface area (Å²) in [7, 11) is 0. The first kappa shape index (κ1) is 16.6. The van der Waals surface area contributed by atoms with Crippen LogP contribution in [0.25, 0.3) is 0 Å². The highest BCUT2D eigenvalue weighted by molar-refractivity contribution is 5.92. The molecule has 1 aromatic carbocycles. The first-order chi connectivity index (χ1) is 11.1. The molecule has 2 rings (SSSR count). The largest absolute Gasteiger partial charge is 0.481 e. The fourth-order valence-corrected chi connectivity index (χ4v) is 2.26. The van der Waals surface area contributed by atoms with Gasteiger partial charge in [-0.25, -0.2) is 0 Å². The summed E-state index contributed by atoms with van der Waals surface area (Å²) in [4.78, 5) is 23.2. The van der Waals surface area contributed by atoms with Crippen molar-refractivity contribution in [1.29, 1.82) is 0 Å². The van der Waals surface area contributed by atoms with Gasteiger partial charge in [0.05, 0.1) is 18.7 Å². The van der Waals surface area contributed by atoms with Crippen molar-refractivity contribution in [3.8, 4) is 0 Å². The highest BCUT2D eigenvalue weighted by Crippen LogP contribution is 2.13. The summed E-state index contributed by atoms with van der Waals surface area (Å²) in [6.07, 6.45) is 1.86. The van der Waals surface area contributed by atoms with Crippen LogP contribution in [0.4, 0.5) is 0 Å². The van der Waals surface area contributed by atoms with Crippen LogP contribution in [0.5, 0.6) is 0 Å². The Labute approximate surface area is 132 Å². The second-order valence-corrected chi connectivity index (χ2v) is 5.17. The Hall–Kier alpha value is -2.74. The van der Waals surface area contributed by atoms with Gasteiger partial charge < -0.3 is 15.5 Å². The molecular formula is C15H18N4O4. The normalized spacial score (nSPS) is 13.3. The molecule has 2 atom stereocenters. The third kappa shape index (κ3) is 4.89. The van der Waals surface area contributed by atoms with E-state index in [1.54, 1.807) is 0 Å². The molecule has 1 heterocycles. The molecular weight excluding hydrogens is 300 g/mol. The van der Waals surface area contributed by atoms with E-state index >= 15 is 0 Å². The predicted octanol–water partition coefficient (Wildman–Crippen LogP) is 0.229. The number of aromatic amines is 1. The van der Waals surface area contributed by atoms with E-state index in [0.717, 1.165) is 5.56 Å².